The first-order chi connectivity index (χ1) is 7.79. The van der Waals surface area contributed by atoms with Crippen LogP contribution in [0.1, 0.15) is 11.4 Å². The van der Waals surface area contributed by atoms with Crippen molar-refractivity contribution < 1.29 is 5.11 Å². The van der Waals surface area contributed by atoms with Gasteiger partial charge >= 0.3 is 0 Å². The Morgan fingerprint density at radius 1 is 1.25 bits per heavy atom. The Kier molecular flexibility index (Phi) is 3.74. The van der Waals surface area contributed by atoms with E-state index in [0.29, 0.717) is 6.54 Å². The second-order valence-electron chi connectivity index (χ2n) is 3.56. The molecule has 0 fully saturated rings. The first-order valence-electron chi connectivity index (χ1n) is 5.15. The Morgan fingerprint density at radius 3 is 2.69 bits per heavy atom. The van der Waals surface area contributed by atoms with Crippen molar-refractivity contribution in [2.45, 2.75) is 13.0 Å². The lowest BCUT2D eigenvalue weighted by Gasteiger charge is -2.05. The average Bonchev–Trinajstić information content (AvgIpc) is 2.70. The lowest BCUT2D eigenvalue weighted by molar-refractivity contribution is 0.274. The minimum absolute atomic E-state index is 0.143. The van der Waals surface area contributed by atoms with Gasteiger partial charge in [0, 0.05) is 29.8 Å². The maximum Gasteiger partial charge on any atom is 0.113 e. The first kappa shape index (κ1) is 11.4. The van der Waals surface area contributed by atoms with E-state index in [9.17, 15) is 0 Å². The lowest BCUT2D eigenvalue weighted by atomic mass is 10.1. The molecule has 0 unspecified atom stereocenters. The number of aromatic nitrogens is 2. The number of nitrogens with zero attached hydrogens (tertiary/aromatic N) is 2. The number of aliphatic hydroxyl groups is 1. The molecular formula is C12H13BrN2O. The minimum Gasteiger partial charge on any atom is -0.395 e. The Bertz CT molecular complexity index is 450. The first-order valence-corrected chi connectivity index (χ1v) is 5.94. The van der Waals surface area contributed by atoms with Gasteiger partial charge in [-0.3, -0.25) is 0 Å². The third kappa shape index (κ3) is 2.71. The molecule has 2 aromatic rings. The van der Waals surface area contributed by atoms with Gasteiger partial charge in [0.2, 0.25) is 0 Å². The second-order valence-corrected chi connectivity index (χ2v) is 4.48. The van der Waals surface area contributed by atoms with Gasteiger partial charge in [-0.1, -0.05) is 28.1 Å². The van der Waals surface area contributed by atoms with E-state index in [0.717, 1.165) is 16.7 Å². The van der Waals surface area contributed by atoms with Crippen LogP contribution in [-0.2, 0) is 13.0 Å². The molecule has 0 saturated carbocycles. The van der Waals surface area contributed by atoms with E-state index in [4.69, 9.17) is 5.11 Å². The van der Waals surface area contributed by atoms with Crippen LogP contribution < -0.4 is 0 Å². The number of aliphatic hydroxyl groups excluding tert-OH is 1. The Hall–Kier alpha value is -1.13. The monoisotopic (exact) mass is 280 g/mol. The largest absolute Gasteiger partial charge is 0.395 e. The third-order valence-corrected chi connectivity index (χ3v) is 2.95. The highest BCUT2D eigenvalue weighted by atomic mass is 79.9. The SMILES string of the molecule is OCCn1ccnc1Cc1ccc(Br)cc1. The summed E-state index contributed by atoms with van der Waals surface area (Å²) in [5.74, 6) is 0.983. The van der Waals surface area contributed by atoms with Crippen LogP contribution in [0.5, 0.6) is 0 Å². The van der Waals surface area contributed by atoms with Gasteiger partial charge in [-0.2, -0.15) is 0 Å². The van der Waals surface area contributed by atoms with E-state index < -0.39 is 0 Å². The van der Waals surface area contributed by atoms with Gasteiger partial charge in [0.1, 0.15) is 5.82 Å². The van der Waals surface area contributed by atoms with E-state index >= 15 is 0 Å². The average molecular weight is 281 g/mol. The summed E-state index contributed by atoms with van der Waals surface area (Å²) in [4.78, 5) is 4.29. The zero-order valence-corrected chi connectivity index (χ0v) is 10.4. The van der Waals surface area contributed by atoms with Crippen molar-refractivity contribution in [1.82, 2.24) is 9.55 Å². The molecule has 0 amide bonds. The highest BCUT2D eigenvalue weighted by molar-refractivity contribution is 9.10. The molecule has 1 aromatic carbocycles. The second kappa shape index (κ2) is 5.27. The fourth-order valence-electron chi connectivity index (χ4n) is 1.60. The van der Waals surface area contributed by atoms with Crippen LogP contribution >= 0.6 is 15.9 Å². The number of hydrogen-bond acceptors (Lipinski definition) is 2. The number of halogens is 1. The van der Waals surface area contributed by atoms with Crippen LogP contribution in [0.4, 0.5) is 0 Å². The molecule has 0 aliphatic heterocycles. The van der Waals surface area contributed by atoms with Gasteiger partial charge < -0.3 is 9.67 Å². The standard InChI is InChI=1S/C12H13BrN2O/c13-11-3-1-10(2-4-11)9-12-14-5-6-15(12)7-8-16/h1-6,16H,7-9H2. The molecule has 84 valence electrons. The summed E-state index contributed by atoms with van der Waals surface area (Å²) in [6.45, 7) is 0.746. The van der Waals surface area contributed by atoms with Crippen LogP contribution in [0.25, 0.3) is 0 Å². The highest BCUT2D eigenvalue weighted by Crippen LogP contribution is 2.13. The maximum atomic E-state index is 8.91. The van der Waals surface area contributed by atoms with E-state index in [1.165, 1.54) is 5.56 Å². The van der Waals surface area contributed by atoms with Gasteiger partial charge in [-0.05, 0) is 17.7 Å². The minimum atomic E-state index is 0.143. The Morgan fingerprint density at radius 2 is 2.00 bits per heavy atom. The fourth-order valence-corrected chi connectivity index (χ4v) is 1.87. The zero-order valence-electron chi connectivity index (χ0n) is 8.81. The lowest BCUT2D eigenvalue weighted by Crippen LogP contribution is -2.06. The van der Waals surface area contributed by atoms with Gasteiger partial charge in [0.25, 0.3) is 0 Å². The van der Waals surface area contributed by atoms with Crippen molar-refractivity contribution in [3.8, 4) is 0 Å². The van der Waals surface area contributed by atoms with Gasteiger partial charge in [-0.25, -0.2) is 4.98 Å². The molecule has 16 heavy (non-hydrogen) atoms. The number of benzene rings is 1. The van der Waals surface area contributed by atoms with Crippen LogP contribution in [0.3, 0.4) is 0 Å². The van der Waals surface area contributed by atoms with E-state index in [2.05, 4.69) is 33.0 Å². The van der Waals surface area contributed by atoms with Crippen molar-refractivity contribution in [2.75, 3.05) is 6.61 Å². The summed E-state index contributed by atoms with van der Waals surface area (Å²) in [7, 11) is 0. The molecule has 0 saturated heterocycles. The summed E-state index contributed by atoms with van der Waals surface area (Å²) in [5, 5.41) is 8.91. The highest BCUT2D eigenvalue weighted by Gasteiger charge is 2.03. The van der Waals surface area contributed by atoms with Crippen molar-refractivity contribution in [1.29, 1.82) is 0 Å². The molecule has 1 heterocycles. The molecule has 1 N–H and O–H groups in total. The van der Waals surface area contributed by atoms with Gasteiger partial charge in [-0.15, -0.1) is 0 Å². The smallest absolute Gasteiger partial charge is 0.113 e. The normalized spacial score (nSPS) is 10.6. The van der Waals surface area contributed by atoms with E-state index in [1.54, 1.807) is 6.20 Å². The molecule has 0 aliphatic rings. The summed E-state index contributed by atoms with van der Waals surface area (Å²) in [5.41, 5.74) is 1.22. The number of hydrogen-bond donors (Lipinski definition) is 1. The van der Waals surface area contributed by atoms with Crippen molar-refractivity contribution in [3.63, 3.8) is 0 Å². The molecule has 0 bridgehead atoms. The molecule has 4 heteroatoms. The predicted molar refractivity (Wildman–Crippen MR) is 66.3 cm³/mol. The van der Waals surface area contributed by atoms with Crippen molar-refractivity contribution in [3.05, 3.63) is 52.5 Å². The topological polar surface area (TPSA) is 38.0 Å². The van der Waals surface area contributed by atoms with Crippen LogP contribution in [-0.4, -0.2) is 21.3 Å². The molecule has 2 rings (SSSR count). The maximum absolute atomic E-state index is 8.91. The zero-order chi connectivity index (χ0) is 11.4. The molecule has 0 radical (unpaired) electrons. The number of rotatable bonds is 4. The van der Waals surface area contributed by atoms with Crippen molar-refractivity contribution in [2.24, 2.45) is 0 Å². The quantitative estimate of drug-likeness (QED) is 0.933. The summed E-state index contributed by atoms with van der Waals surface area (Å²) in [6.07, 6.45) is 4.45. The third-order valence-electron chi connectivity index (χ3n) is 2.42. The molecule has 0 spiro atoms. The number of imidazole rings is 1. The van der Waals surface area contributed by atoms with Crippen LogP contribution in [0.2, 0.25) is 0 Å². The van der Waals surface area contributed by atoms with E-state index in [-0.39, 0.29) is 6.61 Å². The summed E-state index contributed by atoms with van der Waals surface area (Å²) in [6, 6.07) is 8.19. The Balaban J connectivity index is 2.13. The van der Waals surface area contributed by atoms with Crippen LogP contribution in [0, 0.1) is 0 Å². The molecular weight excluding hydrogens is 268 g/mol. The molecule has 3 nitrogen and oxygen atoms in total. The molecule has 1 aromatic heterocycles. The Labute approximate surface area is 103 Å². The van der Waals surface area contributed by atoms with Crippen molar-refractivity contribution >= 4 is 15.9 Å². The summed E-state index contributed by atoms with van der Waals surface area (Å²) >= 11 is 3.41. The van der Waals surface area contributed by atoms with Crippen LogP contribution in [0.15, 0.2) is 41.1 Å². The predicted octanol–water partition coefficient (Wildman–Crippen LogP) is 2.23. The fraction of sp³-hybridized carbons (Fsp3) is 0.250. The van der Waals surface area contributed by atoms with E-state index in [1.807, 2.05) is 22.9 Å². The van der Waals surface area contributed by atoms with Gasteiger partial charge in [0.15, 0.2) is 0 Å². The molecule has 0 aliphatic carbocycles. The summed E-state index contributed by atoms with van der Waals surface area (Å²) < 4.78 is 3.05. The molecule has 0 atom stereocenters. The van der Waals surface area contributed by atoms with Gasteiger partial charge in [0.05, 0.1) is 6.61 Å².